The minimum atomic E-state index is -1.20. The number of benzene rings is 2. The molecular formula is C22H14N2O6. The Morgan fingerprint density at radius 1 is 0.933 bits per heavy atom. The highest BCUT2D eigenvalue weighted by molar-refractivity contribution is 6.38. The Balaban J connectivity index is 1.75. The molecule has 8 heteroatoms. The third-order valence-electron chi connectivity index (χ3n) is 5.08. The molecule has 3 heterocycles. The Labute approximate surface area is 169 Å². The second kappa shape index (κ2) is 6.35. The molecule has 5 rings (SSSR count). The van der Waals surface area contributed by atoms with E-state index >= 15 is 0 Å². The number of carboxylic acid groups (broad SMARTS) is 1. The van der Waals surface area contributed by atoms with Crippen molar-refractivity contribution in [3.05, 3.63) is 77.9 Å². The molecule has 0 unspecified atom stereocenters. The number of rotatable bonds is 2. The first-order valence-corrected chi connectivity index (χ1v) is 9.02. The van der Waals surface area contributed by atoms with Crippen LogP contribution in [-0.4, -0.2) is 39.5 Å². The van der Waals surface area contributed by atoms with Gasteiger partial charge in [-0.15, -0.1) is 0 Å². The van der Waals surface area contributed by atoms with E-state index in [4.69, 9.17) is 9.47 Å². The first-order valence-electron chi connectivity index (χ1n) is 9.02. The maximum atomic E-state index is 13.0. The van der Waals surface area contributed by atoms with Crippen molar-refractivity contribution < 1.29 is 29.0 Å². The van der Waals surface area contributed by atoms with Crippen molar-refractivity contribution in [1.29, 1.82) is 0 Å². The van der Waals surface area contributed by atoms with Crippen LogP contribution in [0.3, 0.4) is 0 Å². The van der Waals surface area contributed by atoms with Crippen LogP contribution in [0.15, 0.2) is 72.3 Å². The van der Waals surface area contributed by atoms with Gasteiger partial charge in [-0.1, -0.05) is 30.3 Å². The molecule has 1 aromatic heterocycles. The molecule has 148 valence electrons. The molecule has 0 radical (unpaired) electrons. The molecule has 2 aliphatic rings. The van der Waals surface area contributed by atoms with Crippen LogP contribution < -0.4 is 9.47 Å². The van der Waals surface area contributed by atoms with E-state index in [-0.39, 0.29) is 16.9 Å². The van der Waals surface area contributed by atoms with Gasteiger partial charge >= 0.3 is 6.09 Å². The van der Waals surface area contributed by atoms with E-state index in [2.05, 4.69) is 0 Å². The summed E-state index contributed by atoms with van der Waals surface area (Å²) in [5.41, 5.74) is 0.814. The van der Waals surface area contributed by atoms with Crippen molar-refractivity contribution in [2.75, 3.05) is 7.05 Å². The van der Waals surface area contributed by atoms with Crippen molar-refractivity contribution in [3.63, 3.8) is 0 Å². The monoisotopic (exact) mass is 402 g/mol. The van der Waals surface area contributed by atoms with Crippen molar-refractivity contribution >= 4 is 34.4 Å². The lowest BCUT2D eigenvalue weighted by Crippen LogP contribution is -2.27. The molecule has 30 heavy (non-hydrogen) atoms. The van der Waals surface area contributed by atoms with Crippen molar-refractivity contribution in [2.24, 2.45) is 0 Å². The van der Waals surface area contributed by atoms with E-state index in [0.29, 0.717) is 28.0 Å². The van der Waals surface area contributed by atoms with E-state index in [1.165, 1.54) is 19.5 Å². The molecule has 2 aliphatic heterocycles. The molecule has 0 aliphatic carbocycles. The Morgan fingerprint density at radius 3 is 2.37 bits per heavy atom. The molecule has 2 aromatic carbocycles. The van der Waals surface area contributed by atoms with Gasteiger partial charge in [0.25, 0.3) is 11.8 Å². The van der Waals surface area contributed by atoms with Gasteiger partial charge in [-0.25, -0.2) is 4.79 Å². The summed E-state index contributed by atoms with van der Waals surface area (Å²) in [6.07, 6.45) is 1.42. The Kier molecular flexibility index (Phi) is 3.75. The molecular weight excluding hydrogens is 388 g/mol. The molecule has 0 saturated carbocycles. The van der Waals surface area contributed by atoms with Gasteiger partial charge in [0, 0.05) is 24.2 Å². The average molecular weight is 402 g/mol. The van der Waals surface area contributed by atoms with Gasteiger partial charge in [0.2, 0.25) is 0 Å². The third-order valence-corrected chi connectivity index (χ3v) is 5.08. The number of amides is 2. The molecule has 2 amide bonds. The average Bonchev–Trinajstić information content (AvgIpc) is 3.24. The fraction of sp³-hybridized carbons (Fsp3) is 0.0455. The molecule has 0 saturated heterocycles. The Morgan fingerprint density at radius 2 is 1.60 bits per heavy atom. The van der Waals surface area contributed by atoms with Crippen LogP contribution in [0.25, 0.3) is 16.5 Å². The maximum Gasteiger partial charge on any atom is 0.416 e. The third kappa shape index (κ3) is 2.44. The van der Waals surface area contributed by atoms with E-state index in [0.717, 1.165) is 9.47 Å². The number of imide groups is 1. The van der Waals surface area contributed by atoms with E-state index in [1.807, 2.05) is 0 Å². The van der Waals surface area contributed by atoms with Crippen molar-refractivity contribution in [3.8, 4) is 11.5 Å². The number of aromatic nitrogens is 1. The summed E-state index contributed by atoms with van der Waals surface area (Å²) in [6.45, 7) is 0. The Hall–Kier alpha value is -4.33. The van der Waals surface area contributed by atoms with Crippen LogP contribution in [0.2, 0.25) is 0 Å². The molecule has 0 atom stereocenters. The van der Waals surface area contributed by atoms with Gasteiger partial charge in [0.1, 0.15) is 6.26 Å². The zero-order chi connectivity index (χ0) is 21.0. The fourth-order valence-corrected chi connectivity index (χ4v) is 3.66. The number of hydrogen-bond acceptors (Lipinski definition) is 5. The molecule has 1 N–H and O–H groups in total. The van der Waals surface area contributed by atoms with Crippen LogP contribution in [0.5, 0.6) is 11.5 Å². The molecule has 0 spiro atoms. The topological polar surface area (TPSA) is 98.1 Å². The van der Waals surface area contributed by atoms with Gasteiger partial charge < -0.3 is 14.6 Å². The number of nitrogens with zero attached hydrogens (tertiary/aromatic N) is 2. The first-order chi connectivity index (χ1) is 14.5. The summed E-state index contributed by atoms with van der Waals surface area (Å²) in [5.74, 6) is -0.137. The molecule has 3 aromatic rings. The van der Waals surface area contributed by atoms with Crippen LogP contribution in [0.4, 0.5) is 4.79 Å². The lowest BCUT2D eigenvalue weighted by Gasteiger charge is -2.18. The van der Waals surface area contributed by atoms with Gasteiger partial charge in [-0.3, -0.25) is 19.1 Å². The lowest BCUT2D eigenvalue weighted by molar-refractivity contribution is -0.135. The number of carbonyl (C=O) groups is 3. The van der Waals surface area contributed by atoms with Crippen molar-refractivity contribution in [1.82, 2.24) is 9.47 Å². The minimum absolute atomic E-state index is 0.0188. The highest BCUT2D eigenvalue weighted by atomic mass is 16.6. The number of hydrogen-bond donors (Lipinski definition) is 1. The summed E-state index contributed by atoms with van der Waals surface area (Å²) in [5, 5.41) is 10.1. The zero-order valence-electron chi connectivity index (χ0n) is 15.7. The van der Waals surface area contributed by atoms with E-state index in [1.54, 1.807) is 48.5 Å². The van der Waals surface area contributed by atoms with Crippen LogP contribution in [-0.2, 0) is 9.59 Å². The number of para-hydroxylation sites is 3. The van der Waals surface area contributed by atoms with Gasteiger partial charge in [-0.05, 0) is 18.2 Å². The highest BCUT2D eigenvalue weighted by Crippen LogP contribution is 2.40. The van der Waals surface area contributed by atoms with Crippen LogP contribution >= 0.6 is 0 Å². The molecule has 8 nitrogen and oxygen atoms in total. The summed E-state index contributed by atoms with van der Waals surface area (Å²) in [4.78, 5) is 38.6. The normalized spacial score (nSPS) is 15.8. The second-order valence-corrected chi connectivity index (χ2v) is 6.78. The highest BCUT2D eigenvalue weighted by Gasteiger charge is 2.41. The minimum Gasteiger partial charge on any atom is -0.464 e. The largest absolute Gasteiger partial charge is 0.464 e. The maximum absolute atomic E-state index is 13.0. The lowest BCUT2D eigenvalue weighted by atomic mass is 10.00. The summed E-state index contributed by atoms with van der Waals surface area (Å²) >= 11 is 0. The summed E-state index contributed by atoms with van der Waals surface area (Å²) < 4.78 is 12.5. The SMILES string of the molecule is CN1C(=O)C(C2=COc3ccccc3O2)=C(c2cn(C(=O)O)c3ccccc23)C1=O. The van der Waals surface area contributed by atoms with Gasteiger partial charge in [-0.2, -0.15) is 0 Å². The summed E-state index contributed by atoms with van der Waals surface area (Å²) in [6, 6.07) is 13.7. The first kappa shape index (κ1) is 17.7. The van der Waals surface area contributed by atoms with Gasteiger partial charge in [0.05, 0.1) is 16.7 Å². The van der Waals surface area contributed by atoms with E-state index < -0.39 is 17.9 Å². The standard InChI is InChI=1S/C22H14N2O6/c1-23-20(25)18(13-10-24(22(27)28)14-7-3-2-6-12(13)14)19(21(23)26)17-11-29-15-8-4-5-9-16(15)30-17/h2-11H,1H3,(H,27,28). The van der Waals surface area contributed by atoms with Crippen LogP contribution in [0, 0.1) is 0 Å². The predicted molar refractivity (Wildman–Crippen MR) is 106 cm³/mol. The smallest absolute Gasteiger partial charge is 0.416 e. The summed E-state index contributed by atoms with van der Waals surface area (Å²) in [7, 11) is 1.37. The van der Waals surface area contributed by atoms with Gasteiger partial charge in [0.15, 0.2) is 17.3 Å². The second-order valence-electron chi connectivity index (χ2n) is 6.78. The predicted octanol–water partition coefficient (Wildman–Crippen LogP) is 3.23. The Bertz CT molecular complexity index is 1330. The quantitative estimate of drug-likeness (QED) is 0.661. The molecule has 0 bridgehead atoms. The van der Waals surface area contributed by atoms with Crippen molar-refractivity contribution in [2.45, 2.75) is 0 Å². The molecule has 0 fully saturated rings. The number of fused-ring (bicyclic) bond motifs is 2. The number of ether oxygens (including phenoxy) is 2. The fourth-order valence-electron chi connectivity index (χ4n) is 3.66. The van der Waals surface area contributed by atoms with E-state index in [9.17, 15) is 19.5 Å². The number of carbonyl (C=O) groups excluding carboxylic acids is 2. The number of likely N-dealkylation sites (N-methyl/N-ethyl adjacent to an activating group) is 1. The van der Waals surface area contributed by atoms with Crippen LogP contribution in [0.1, 0.15) is 5.56 Å². The zero-order valence-corrected chi connectivity index (χ0v) is 15.7.